The van der Waals surface area contributed by atoms with Gasteiger partial charge in [-0.05, 0) is 41.7 Å². The largest absolute Gasteiger partial charge is 0.399 e. The van der Waals surface area contributed by atoms with Crippen LogP contribution in [0.5, 0.6) is 0 Å². The highest BCUT2D eigenvalue weighted by molar-refractivity contribution is 5.89. The second-order valence-corrected chi connectivity index (χ2v) is 8.77. The van der Waals surface area contributed by atoms with Crippen molar-refractivity contribution in [3.05, 3.63) is 78.8 Å². The van der Waals surface area contributed by atoms with Crippen molar-refractivity contribution in [1.29, 1.82) is 0 Å². The Morgan fingerprint density at radius 1 is 1.12 bits per heavy atom. The summed E-state index contributed by atoms with van der Waals surface area (Å²) < 4.78 is 5.76. The van der Waals surface area contributed by atoms with E-state index in [1.54, 1.807) is 4.68 Å². The first-order valence-corrected chi connectivity index (χ1v) is 11.4. The molecule has 1 aromatic carbocycles. The number of imidazole rings is 1. The first-order valence-electron chi connectivity index (χ1n) is 11.4. The lowest BCUT2D eigenvalue weighted by molar-refractivity contribution is 0.768. The lowest BCUT2D eigenvalue weighted by atomic mass is 10.0. The zero-order valence-corrected chi connectivity index (χ0v) is 19.9. The summed E-state index contributed by atoms with van der Waals surface area (Å²) in [5.74, 6) is 0.209. The lowest BCUT2D eigenvalue weighted by Crippen LogP contribution is -2.04. The average molecular weight is 453 g/mol. The molecule has 5 rings (SSSR count). The van der Waals surface area contributed by atoms with Gasteiger partial charge in [0.2, 0.25) is 0 Å². The van der Waals surface area contributed by atoms with E-state index in [0.717, 1.165) is 56.9 Å². The van der Waals surface area contributed by atoms with E-state index in [-0.39, 0.29) is 5.92 Å². The van der Waals surface area contributed by atoms with Crippen molar-refractivity contribution in [3.63, 3.8) is 0 Å². The van der Waals surface area contributed by atoms with E-state index in [9.17, 15) is 0 Å². The van der Waals surface area contributed by atoms with Crippen LogP contribution < -0.4 is 5.73 Å². The van der Waals surface area contributed by atoms with Crippen molar-refractivity contribution in [2.45, 2.75) is 33.1 Å². The van der Waals surface area contributed by atoms with E-state index in [4.69, 9.17) is 15.8 Å². The fourth-order valence-electron chi connectivity index (χ4n) is 4.27. The summed E-state index contributed by atoms with van der Waals surface area (Å²) in [5.41, 5.74) is 14.2. The van der Waals surface area contributed by atoms with Crippen molar-refractivity contribution >= 4 is 16.7 Å². The van der Waals surface area contributed by atoms with Gasteiger partial charge in [-0.1, -0.05) is 33.4 Å². The van der Waals surface area contributed by atoms with E-state index in [1.807, 2.05) is 59.5 Å². The molecule has 0 unspecified atom stereocenters. The number of hydrogen-bond donors (Lipinski definition) is 1. The quantitative estimate of drug-likeness (QED) is 0.406. The molecule has 0 fully saturated rings. The van der Waals surface area contributed by atoms with Gasteiger partial charge in [-0.15, -0.1) is 0 Å². The number of rotatable bonds is 6. The maximum absolute atomic E-state index is 5.95. The molecule has 5 aromatic rings. The third-order valence-corrected chi connectivity index (χ3v) is 6.04. The Hall–Kier alpha value is -4.20. The second kappa shape index (κ2) is 8.30. The maximum Gasteiger partial charge on any atom is 0.165 e. The predicted molar refractivity (Wildman–Crippen MR) is 135 cm³/mol. The predicted octanol–water partition coefficient (Wildman–Crippen LogP) is 4.62. The summed E-state index contributed by atoms with van der Waals surface area (Å²) in [5, 5.41) is 10.3. The van der Waals surface area contributed by atoms with Gasteiger partial charge in [0.25, 0.3) is 0 Å². The van der Waals surface area contributed by atoms with E-state index < -0.39 is 0 Å². The van der Waals surface area contributed by atoms with Gasteiger partial charge in [0.05, 0.1) is 40.7 Å². The number of nitrogens with zero attached hydrogens (tertiary/aromatic N) is 7. The van der Waals surface area contributed by atoms with Gasteiger partial charge in [0, 0.05) is 36.9 Å². The molecule has 8 heteroatoms. The van der Waals surface area contributed by atoms with Crippen molar-refractivity contribution in [2.24, 2.45) is 12.8 Å². The molecule has 4 aromatic heterocycles. The van der Waals surface area contributed by atoms with Gasteiger partial charge in [0.1, 0.15) is 0 Å². The molecule has 0 aliphatic rings. The smallest absolute Gasteiger partial charge is 0.165 e. The Bertz CT molecular complexity index is 1520. The highest BCUT2D eigenvalue weighted by atomic mass is 15.3. The number of fused-ring (bicyclic) bond motifs is 1. The molecule has 0 amide bonds. The van der Waals surface area contributed by atoms with Crippen LogP contribution in [-0.2, 0) is 13.5 Å². The minimum atomic E-state index is 0.209. The molecule has 0 saturated carbocycles. The van der Waals surface area contributed by atoms with E-state index >= 15 is 0 Å². The van der Waals surface area contributed by atoms with Gasteiger partial charge < -0.3 is 10.3 Å². The molecule has 0 aliphatic heterocycles. The van der Waals surface area contributed by atoms with Crippen molar-refractivity contribution in [1.82, 2.24) is 34.1 Å². The summed E-state index contributed by atoms with van der Waals surface area (Å²) in [7, 11) is 1.90. The number of hydrogen-bond acceptors (Lipinski definition) is 5. The summed E-state index contributed by atoms with van der Waals surface area (Å²) in [6, 6.07) is 8.13. The molecule has 0 spiro atoms. The Labute approximate surface area is 198 Å². The van der Waals surface area contributed by atoms with Crippen LogP contribution in [0.2, 0.25) is 0 Å². The van der Waals surface area contributed by atoms with Crippen LogP contribution in [0.1, 0.15) is 43.5 Å². The molecule has 0 atom stereocenters. The zero-order valence-electron chi connectivity index (χ0n) is 19.9. The molecule has 0 bridgehead atoms. The minimum absolute atomic E-state index is 0.209. The number of aromatic nitrogens is 7. The Morgan fingerprint density at radius 3 is 2.62 bits per heavy atom. The first-order chi connectivity index (χ1) is 16.4. The van der Waals surface area contributed by atoms with E-state index in [2.05, 4.69) is 49.6 Å². The first kappa shape index (κ1) is 21.6. The van der Waals surface area contributed by atoms with Crippen molar-refractivity contribution in [2.75, 3.05) is 0 Å². The summed E-state index contributed by atoms with van der Waals surface area (Å²) in [4.78, 5) is 9.38. The molecular formula is C26H28N8. The summed E-state index contributed by atoms with van der Waals surface area (Å²) in [6.07, 6.45) is 10.3. The zero-order chi connectivity index (χ0) is 24.0. The summed E-state index contributed by atoms with van der Waals surface area (Å²) >= 11 is 0. The molecule has 0 aliphatic carbocycles. The molecule has 0 saturated heterocycles. The number of nitrogens with two attached hydrogens (primary N) is 1. The van der Waals surface area contributed by atoms with Crippen molar-refractivity contribution < 1.29 is 0 Å². The van der Waals surface area contributed by atoms with Crippen molar-refractivity contribution in [3.8, 4) is 22.6 Å². The third kappa shape index (κ3) is 3.57. The molecule has 4 heterocycles. The SMILES string of the molecule is C=C(N)c1ccc(-n2nc(C(C)C)c3c(-n4cnc(-c5cnn(C)c5)c4)ccnc32)c(CC)c1. The van der Waals surface area contributed by atoms with Gasteiger partial charge in [0.15, 0.2) is 5.65 Å². The third-order valence-electron chi connectivity index (χ3n) is 6.04. The topological polar surface area (TPSA) is 92.4 Å². The maximum atomic E-state index is 5.95. The van der Waals surface area contributed by atoms with E-state index in [0.29, 0.717) is 5.70 Å². The lowest BCUT2D eigenvalue weighted by Gasteiger charge is -2.11. The highest BCUT2D eigenvalue weighted by Crippen LogP contribution is 2.32. The monoisotopic (exact) mass is 452 g/mol. The average Bonchev–Trinajstić information content (AvgIpc) is 3.56. The normalized spacial score (nSPS) is 11.6. The number of benzene rings is 1. The van der Waals surface area contributed by atoms with E-state index in [1.165, 1.54) is 0 Å². The van der Waals surface area contributed by atoms with Gasteiger partial charge in [-0.3, -0.25) is 4.68 Å². The fraction of sp³-hybridized carbons (Fsp3) is 0.231. The number of pyridine rings is 1. The van der Waals surface area contributed by atoms with Gasteiger partial charge in [-0.2, -0.15) is 10.2 Å². The van der Waals surface area contributed by atoms with Crippen LogP contribution in [0.25, 0.3) is 39.4 Å². The van der Waals surface area contributed by atoms with Crippen LogP contribution in [0.4, 0.5) is 0 Å². The molecular weight excluding hydrogens is 424 g/mol. The van der Waals surface area contributed by atoms with Crippen LogP contribution in [0, 0.1) is 0 Å². The minimum Gasteiger partial charge on any atom is -0.399 e. The van der Waals surface area contributed by atoms with Crippen LogP contribution >= 0.6 is 0 Å². The number of aryl methyl sites for hydroxylation is 2. The molecule has 172 valence electrons. The fourth-order valence-corrected chi connectivity index (χ4v) is 4.27. The Kier molecular flexibility index (Phi) is 5.28. The van der Waals surface area contributed by atoms with Gasteiger partial charge in [-0.25, -0.2) is 14.6 Å². The second-order valence-electron chi connectivity index (χ2n) is 8.77. The molecule has 2 N–H and O–H groups in total. The molecule has 0 radical (unpaired) electrons. The van der Waals surface area contributed by atoms with Crippen LogP contribution in [0.15, 0.2) is 62.0 Å². The summed E-state index contributed by atoms with van der Waals surface area (Å²) in [6.45, 7) is 10.3. The van der Waals surface area contributed by atoms with Crippen LogP contribution in [0.3, 0.4) is 0 Å². The van der Waals surface area contributed by atoms with Gasteiger partial charge >= 0.3 is 0 Å². The Balaban J connectivity index is 1.71. The molecule has 8 nitrogen and oxygen atoms in total. The Morgan fingerprint density at radius 2 is 1.94 bits per heavy atom. The standard InChI is InChI=1S/C26H28N8/c1-6-18-11-19(17(4)27)7-8-22(18)34-26-24(25(31-34)16(2)3)23(9-10-28-26)33-14-21(29-15-33)20-12-30-32(5)13-20/h7-16H,4,6,27H2,1-3,5H3. The highest BCUT2D eigenvalue weighted by Gasteiger charge is 2.21. The molecule has 34 heavy (non-hydrogen) atoms. The van der Waals surface area contributed by atoms with Crippen LogP contribution in [-0.4, -0.2) is 34.1 Å².